The Morgan fingerprint density at radius 3 is 2.06 bits per heavy atom. The highest BCUT2D eigenvalue weighted by atomic mass is 32.2. The summed E-state index contributed by atoms with van der Waals surface area (Å²) in [6, 6.07) is 22.5. The van der Waals surface area contributed by atoms with E-state index in [-0.39, 0.29) is 24.6 Å². The van der Waals surface area contributed by atoms with Crippen molar-refractivity contribution in [3.05, 3.63) is 102 Å². The Bertz CT molecular complexity index is 1250. The van der Waals surface area contributed by atoms with Crippen LogP contribution in [0.15, 0.2) is 84.9 Å². The van der Waals surface area contributed by atoms with Gasteiger partial charge in [0.1, 0.15) is 18.4 Å². The number of nitrogens with one attached hydrogen (secondary N) is 1. The molecule has 35 heavy (non-hydrogen) atoms. The van der Waals surface area contributed by atoms with Gasteiger partial charge < -0.3 is 10.2 Å². The first-order valence-electron chi connectivity index (χ1n) is 11.0. The van der Waals surface area contributed by atoms with Gasteiger partial charge in [-0.2, -0.15) is 0 Å². The van der Waals surface area contributed by atoms with Crippen LogP contribution in [0, 0.1) is 5.82 Å². The number of benzene rings is 3. The van der Waals surface area contributed by atoms with Gasteiger partial charge >= 0.3 is 0 Å². The second-order valence-corrected chi connectivity index (χ2v) is 9.98. The second-order valence-electron chi connectivity index (χ2n) is 8.08. The lowest BCUT2D eigenvalue weighted by molar-refractivity contribution is -0.139. The monoisotopic (exact) mass is 497 g/mol. The first kappa shape index (κ1) is 25.9. The minimum absolute atomic E-state index is 0.0278. The van der Waals surface area contributed by atoms with E-state index in [2.05, 4.69) is 5.32 Å². The molecule has 0 fully saturated rings. The average molecular weight is 498 g/mol. The fourth-order valence-electron chi connectivity index (χ4n) is 3.75. The van der Waals surface area contributed by atoms with Gasteiger partial charge in [0.15, 0.2) is 0 Å². The fourth-order valence-corrected chi connectivity index (χ4v) is 4.59. The van der Waals surface area contributed by atoms with E-state index in [1.807, 2.05) is 60.7 Å². The molecule has 0 saturated heterocycles. The van der Waals surface area contributed by atoms with Crippen molar-refractivity contribution in [3.8, 4) is 0 Å². The molecule has 7 nitrogen and oxygen atoms in total. The number of halogens is 1. The van der Waals surface area contributed by atoms with E-state index in [1.54, 1.807) is 0 Å². The van der Waals surface area contributed by atoms with E-state index in [9.17, 15) is 22.4 Å². The predicted octanol–water partition coefficient (Wildman–Crippen LogP) is 2.98. The summed E-state index contributed by atoms with van der Waals surface area (Å²) in [6.45, 7) is -0.497. The molecule has 9 heteroatoms. The third-order valence-corrected chi connectivity index (χ3v) is 6.63. The van der Waals surface area contributed by atoms with Gasteiger partial charge in [-0.05, 0) is 29.3 Å². The lowest BCUT2D eigenvalue weighted by Gasteiger charge is -2.33. The van der Waals surface area contributed by atoms with E-state index in [0.717, 1.165) is 27.8 Å². The first-order chi connectivity index (χ1) is 16.7. The number of hydrogen-bond donors (Lipinski definition) is 1. The maximum atomic E-state index is 13.9. The Kier molecular flexibility index (Phi) is 8.59. The molecule has 0 aliphatic heterocycles. The summed E-state index contributed by atoms with van der Waals surface area (Å²) >= 11 is 0. The number of likely N-dealkylation sites (N-methyl/N-ethyl adjacent to an activating group) is 1. The number of nitrogens with zero attached hydrogens (tertiary/aromatic N) is 2. The maximum absolute atomic E-state index is 13.9. The Balaban J connectivity index is 2.00. The van der Waals surface area contributed by atoms with Crippen molar-refractivity contribution in [2.45, 2.75) is 19.0 Å². The number of carbonyl (C=O) groups excluding carboxylic acids is 2. The van der Waals surface area contributed by atoms with E-state index >= 15 is 0 Å². The largest absolute Gasteiger partial charge is 0.357 e. The summed E-state index contributed by atoms with van der Waals surface area (Å²) in [5, 5.41) is 2.61. The number of hydrogen-bond acceptors (Lipinski definition) is 4. The van der Waals surface area contributed by atoms with Gasteiger partial charge in [0.05, 0.1) is 11.9 Å². The van der Waals surface area contributed by atoms with Gasteiger partial charge in [0.2, 0.25) is 21.8 Å². The molecule has 0 heterocycles. The van der Waals surface area contributed by atoms with Crippen LogP contribution >= 0.6 is 0 Å². The number of sulfonamides is 1. The van der Waals surface area contributed by atoms with Gasteiger partial charge in [0, 0.05) is 20.0 Å². The Morgan fingerprint density at radius 2 is 1.51 bits per heavy atom. The molecule has 184 valence electrons. The van der Waals surface area contributed by atoms with E-state index in [4.69, 9.17) is 0 Å². The first-order valence-corrected chi connectivity index (χ1v) is 12.9. The molecule has 0 aromatic heterocycles. The quantitative estimate of drug-likeness (QED) is 0.467. The smallest absolute Gasteiger partial charge is 0.244 e. The molecule has 0 aliphatic rings. The lowest BCUT2D eigenvalue weighted by atomic mass is 10.0. The van der Waals surface area contributed by atoms with Crippen molar-refractivity contribution in [2.24, 2.45) is 0 Å². The number of carbonyl (C=O) groups is 2. The minimum Gasteiger partial charge on any atom is -0.357 e. The van der Waals surface area contributed by atoms with Crippen molar-refractivity contribution in [1.82, 2.24) is 10.2 Å². The molecule has 3 aromatic rings. The van der Waals surface area contributed by atoms with Gasteiger partial charge in [-0.3, -0.25) is 13.9 Å². The molecule has 3 rings (SSSR count). The second kappa shape index (κ2) is 11.6. The van der Waals surface area contributed by atoms with Crippen LogP contribution in [0.25, 0.3) is 0 Å². The van der Waals surface area contributed by atoms with Crippen LogP contribution in [-0.2, 0) is 32.6 Å². The average Bonchev–Trinajstić information content (AvgIpc) is 2.84. The van der Waals surface area contributed by atoms with Crippen molar-refractivity contribution in [2.75, 3.05) is 24.2 Å². The molecule has 0 bridgehead atoms. The molecule has 0 spiro atoms. The summed E-state index contributed by atoms with van der Waals surface area (Å²) in [6.07, 6.45) is 1.19. The third kappa shape index (κ3) is 7.13. The van der Waals surface area contributed by atoms with Crippen LogP contribution in [0.2, 0.25) is 0 Å². The van der Waals surface area contributed by atoms with Gasteiger partial charge in [-0.25, -0.2) is 12.8 Å². The number of amides is 2. The van der Waals surface area contributed by atoms with Crippen LogP contribution in [0.3, 0.4) is 0 Å². The van der Waals surface area contributed by atoms with Crippen LogP contribution in [0.5, 0.6) is 0 Å². The van der Waals surface area contributed by atoms with Crippen molar-refractivity contribution in [3.63, 3.8) is 0 Å². The molecule has 0 radical (unpaired) electrons. The number of rotatable bonds is 10. The normalized spacial score (nSPS) is 12.0. The van der Waals surface area contributed by atoms with Crippen LogP contribution in [0.1, 0.15) is 11.1 Å². The highest BCUT2D eigenvalue weighted by molar-refractivity contribution is 7.92. The van der Waals surface area contributed by atoms with Crippen LogP contribution < -0.4 is 9.62 Å². The highest BCUT2D eigenvalue weighted by Gasteiger charge is 2.32. The molecule has 2 amide bonds. The zero-order chi connectivity index (χ0) is 25.4. The molecule has 0 unspecified atom stereocenters. The molecule has 1 N–H and O–H groups in total. The Hall–Kier alpha value is -3.72. The van der Waals surface area contributed by atoms with Crippen LogP contribution in [0.4, 0.5) is 10.1 Å². The Morgan fingerprint density at radius 1 is 0.914 bits per heavy atom. The molecular weight excluding hydrogens is 469 g/mol. The standard InChI is InChI=1S/C26H28FN3O4S/c1-28-26(32)24(16-20-10-5-3-6-11-20)29(18-21-12-7-4-8-13-21)25(31)19-30(35(2,33)34)23-15-9-14-22(27)17-23/h3-15,17,24H,16,18-19H2,1-2H3,(H,28,32)/t24-/m1/s1. The van der Waals surface area contributed by atoms with Gasteiger partial charge in [0.25, 0.3) is 0 Å². The highest BCUT2D eigenvalue weighted by Crippen LogP contribution is 2.21. The van der Waals surface area contributed by atoms with Crippen molar-refractivity contribution < 1.29 is 22.4 Å². The predicted molar refractivity (Wildman–Crippen MR) is 134 cm³/mol. The van der Waals surface area contributed by atoms with E-state index in [1.165, 1.54) is 30.1 Å². The van der Waals surface area contributed by atoms with E-state index in [0.29, 0.717) is 0 Å². The molecular formula is C26H28FN3O4S. The summed E-state index contributed by atoms with van der Waals surface area (Å²) in [5.41, 5.74) is 1.65. The molecule has 0 saturated carbocycles. The summed E-state index contributed by atoms with van der Waals surface area (Å²) < 4.78 is 39.8. The number of anilines is 1. The lowest BCUT2D eigenvalue weighted by Crippen LogP contribution is -2.52. The zero-order valence-corrected chi connectivity index (χ0v) is 20.4. The van der Waals surface area contributed by atoms with Crippen LogP contribution in [-0.4, -0.2) is 51.0 Å². The van der Waals surface area contributed by atoms with Crippen molar-refractivity contribution in [1.29, 1.82) is 0 Å². The molecule has 0 aliphatic carbocycles. The van der Waals surface area contributed by atoms with Gasteiger partial charge in [-0.15, -0.1) is 0 Å². The SMILES string of the molecule is CNC(=O)[C@@H](Cc1ccccc1)N(Cc1ccccc1)C(=O)CN(c1cccc(F)c1)S(C)(=O)=O. The fraction of sp³-hybridized carbons (Fsp3) is 0.231. The molecule has 1 atom stereocenters. The zero-order valence-electron chi connectivity index (χ0n) is 19.6. The van der Waals surface area contributed by atoms with Crippen molar-refractivity contribution >= 4 is 27.5 Å². The summed E-state index contributed by atoms with van der Waals surface area (Å²) in [4.78, 5) is 28.0. The maximum Gasteiger partial charge on any atom is 0.244 e. The van der Waals surface area contributed by atoms with E-state index < -0.39 is 34.3 Å². The third-order valence-electron chi connectivity index (χ3n) is 5.49. The van der Waals surface area contributed by atoms with Gasteiger partial charge in [-0.1, -0.05) is 66.7 Å². The molecule has 3 aromatic carbocycles. The summed E-state index contributed by atoms with van der Waals surface area (Å²) in [7, 11) is -2.44. The Labute approximate surface area is 205 Å². The minimum atomic E-state index is -3.93. The topological polar surface area (TPSA) is 86.8 Å². The summed E-state index contributed by atoms with van der Waals surface area (Å²) in [5.74, 6) is -1.60.